The topological polar surface area (TPSA) is 230 Å². The van der Waals surface area contributed by atoms with Crippen molar-refractivity contribution in [3.8, 4) is 11.1 Å². The average Bonchev–Trinajstić information content (AvgIpc) is 3.98. The van der Waals surface area contributed by atoms with Gasteiger partial charge in [-0.2, -0.15) is 0 Å². The molecule has 1 aliphatic rings. The summed E-state index contributed by atoms with van der Waals surface area (Å²) in [4.78, 5) is 89.9. The summed E-state index contributed by atoms with van der Waals surface area (Å²) >= 11 is 0. The fourth-order valence-corrected chi connectivity index (χ4v) is 6.34. The fraction of sp³-hybridized carbons (Fsp3) is 0.587. The summed E-state index contributed by atoms with van der Waals surface area (Å²) in [7, 11) is 0. The Labute approximate surface area is 365 Å². The lowest BCUT2D eigenvalue weighted by atomic mass is 10.0. The number of carboxylic acid groups (broad SMARTS) is 1. The molecule has 0 bridgehead atoms. The molecule has 2 aromatic rings. The number of carbonyl (C=O) groups is 7. The predicted octanol–water partition coefficient (Wildman–Crippen LogP) is 5.91. The van der Waals surface area contributed by atoms with Gasteiger partial charge in [-0.15, -0.1) is 0 Å². The van der Waals surface area contributed by atoms with Gasteiger partial charge >= 0.3 is 18.2 Å². The van der Waals surface area contributed by atoms with Gasteiger partial charge in [0.05, 0.1) is 0 Å². The van der Waals surface area contributed by atoms with Crippen LogP contribution in [0.4, 0.5) is 9.59 Å². The van der Waals surface area contributed by atoms with Crippen LogP contribution in [0.3, 0.4) is 0 Å². The molecule has 342 valence electrons. The number of aryl methyl sites for hydroxylation is 1. The van der Waals surface area contributed by atoms with Crippen LogP contribution in [0.5, 0.6) is 0 Å². The van der Waals surface area contributed by atoms with Crippen molar-refractivity contribution < 1.29 is 48.1 Å². The summed E-state index contributed by atoms with van der Waals surface area (Å²) in [5.74, 6) is -3.66. The molecule has 16 nitrogen and oxygen atoms in total. The van der Waals surface area contributed by atoms with Crippen molar-refractivity contribution in [1.82, 2.24) is 31.9 Å². The second-order valence-corrected chi connectivity index (χ2v) is 17.9. The van der Waals surface area contributed by atoms with Crippen molar-refractivity contribution >= 4 is 41.8 Å². The highest BCUT2D eigenvalue weighted by atomic mass is 16.6. The normalized spacial score (nSPS) is 14.5. The number of alkyl carbamates (subject to hydrolysis) is 2. The van der Waals surface area contributed by atoms with Crippen molar-refractivity contribution in [3.63, 3.8) is 0 Å². The molecular weight excluding hydrogens is 797 g/mol. The Morgan fingerprint density at radius 2 is 1.16 bits per heavy atom. The van der Waals surface area contributed by atoms with Crippen molar-refractivity contribution in [2.75, 3.05) is 13.1 Å². The van der Waals surface area contributed by atoms with Crippen LogP contribution >= 0.6 is 0 Å². The van der Waals surface area contributed by atoms with Crippen LogP contribution < -0.4 is 31.9 Å². The van der Waals surface area contributed by atoms with Gasteiger partial charge in [-0.3, -0.25) is 19.2 Å². The molecule has 16 heteroatoms. The smallest absolute Gasteiger partial charge is 0.407 e. The van der Waals surface area contributed by atoms with Gasteiger partial charge in [0.25, 0.3) is 5.91 Å². The Morgan fingerprint density at radius 3 is 1.63 bits per heavy atom. The molecule has 0 saturated heterocycles. The summed E-state index contributed by atoms with van der Waals surface area (Å²) in [6, 6.07) is 12.0. The van der Waals surface area contributed by atoms with Gasteiger partial charge in [-0.1, -0.05) is 49.7 Å². The van der Waals surface area contributed by atoms with Crippen LogP contribution in [0, 0.1) is 0 Å². The number of unbranched alkanes of at least 4 members (excludes halogenated alkanes) is 3. The molecule has 0 aliphatic heterocycles. The third kappa shape index (κ3) is 18.1. The number of carboxylic acids is 1. The first-order valence-corrected chi connectivity index (χ1v) is 21.7. The van der Waals surface area contributed by atoms with Gasteiger partial charge in [0.15, 0.2) is 0 Å². The molecule has 0 heterocycles. The predicted molar refractivity (Wildman–Crippen MR) is 235 cm³/mol. The molecule has 0 radical (unpaired) electrons. The molecule has 3 atom stereocenters. The van der Waals surface area contributed by atoms with Crippen molar-refractivity contribution in [3.05, 3.63) is 59.7 Å². The Morgan fingerprint density at radius 1 is 0.661 bits per heavy atom. The van der Waals surface area contributed by atoms with E-state index >= 15 is 0 Å². The van der Waals surface area contributed by atoms with E-state index in [1.807, 2.05) is 12.1 Å². The number of nitrogens with one attached hydrogen (secondary N) is 6. The summed E-state index contributed by atoms with van der Waals surface area (Å²) in [5, 5.41) is 25.7. The first kappa shape index (κ1) is 50.7. The zero-order valence-corrected chi connectivity index (χ0v) is 37.7. The van der Waals surface area contributed by atoms with Gasteiger partial charge in [0.2, 0.25) is 17.7 Å². The van der Waals surface area contributed by atoms with E-state index < -0.39 is 76.7 Å². The second kappa shape index (κ2) is 23.5. The quantitative estimate of drug-likeness (QED) is 0.0654. The third-order valence-corrected chi connectivity index (χ3v) is 9.95. The first-order chi connectivity index (χ1) is 29.1. The number of hydrogen-bond donors (Lipinski definition) is 7. The van der Waals surface area contributed by atoms with Crippen LogP contribution in [0.25, 0.3) is 11.1 Å². The molecule has 1 saturated carbocycles. The van der Waals surface area contributed by atoms with Crippen LogP contribution in [0.1, 0.15) is 136 Å². The number of carbonyl (C=O) groups excluding carboxylic acids is 6. The van der Waals surface area contributed by atoms with Crippen molar-refractivity contribution in [2.45, 2.75) is 161 Å². The van der Waals surface area contributed by atoms with E-state index in [-0.39, 0.29) is 38.8 Å². The largest absolute Gasteiger partial charge is 0.480 e. The molecule has 6 amide bonds. The maximum atomic E-state index is 13.8. The summed E-state index contributed by atoms with van der Waals surface area (Å²) in [6.45, 7) is 14.6. The fourth-order valence-electron chi connectivity index (χ4n) is 6.34. The Balaban J connectivity index is 1.61. The zero-order valence-electron chi connectivity index (χ0n) is 37.7. The first-order valence-electron chi connectivity index (χ1n) is 21.7. The Bertz CT molecular complexity index is 1830. The lowest BCUT2D eigenvalue weighted by Crippen LogP contribution is -2.58. The number of benzene rings is 2. The molecule has 1 aliphatic carbocycles. The maximum Gasteiger partial charge on any atom is 0.407 e. The highest BCUT2D eigenvalue weighted by Crippen LogP contribution is 2.36. The number of hydrogen-bond acceptors (Lipinski definition) is 9. The van der Waals surface area contributed by atoms with Crippen LogP contribution in [-0.4, -0.2) is 94.8 Å². The maximum absolute atomic E-state index is 13.8. The van der Waals surface area contributed by atoms with E-state index in [1.54, 1.807) is 53.7 Å². The Kier molecular flexibility index (Phi) is 19.2. The minimum Gasteiger partial charge on any atom is -0.480 e. The molecule has 3 rings (SSSR count). The van der Waals surface area contributed by atoms with Crippen LogP contribution in [0.2, 0.25) is 0 Å². The monoisotopic (exact) mass is 864 g/mol. The van der Waals surface area contributed by atoms with E-state index in [9.17, 15) is 38.7 Å². The lowest BCUT2D eigenvalue weighted by Gasteiger charge is -2.25. The number of amides is 6. The minimum atomic E-state index is -1.33. The third-order valence-electron chi connectivity index (χ3n) is 9.95. The SMILES string of the molecule is CCCCc1ccc(-c2ccc(C(=O)N[C@@H](CCCCNC(=O)OC(C)(C)C)C(=O)NC3(C(=O)N[C@@H](C)C(=O)N[C@@H](CCCCNC(=O)OC(C)(C)C)C(=O)O)CC3)cc2)cc1. The van der Waals surface area contributed by atoms with Gasteiger partial charge < -0.3 is 46.5 Å². The molecular formula is C46H68N6O10. The lowest BCUT2D eigenvalue weighted by molar-refractivity contribution is -0.142. The molecule has 0 unspecified atom stereocenters. The standard InChI is InChI=1S/C46H68N6O10/c1-9-10-15-31-18-20-32(21-19-31)33-22-24-34(25-23-33)38(54)50-35(16-11-13-28-47-42(59)61-44(3,4)5)39(55)52-46(26-27-46)41(58)49-30(2)37(53)51-36(40(56)57)17-12-14-29-48-43(60)62-45(6,7)8/h18-25,30,35-36H,9-17,26-29H2,1-8H3,(H,47,59)(H,48,60)(H,49,58)(H,50,54)(H,51,53)(H,52,55)(H,56,57)/t30-,35-,36-/m0/s1. The molecule has 1 fully saturated rings. The number of aliphatic carboxylic acids is 1. The number of ether oxygens (including phenoxy) is 2. The summed E-state index contributed by atoms with van der Waals surface area (Å²) < 4.78 is 10.5. The molecule has 0 spiro atoms. The molecule has 0 aromatic heterocycles. The van der Waals surface area contributed by atoms with E-state index in [0.717, 1.165) is 30.4 Å². The van der Waals surface area contributed by atoms with Crippen LogP contribution in [0.15, 0.2) is 48.5 Å². The van der Waals surface area contributed by atoms with E-state index in [2.05, 4.69) is 63.1 Å². The molecule has 7 N–H and O–H groups in total. The minimum absolute atomic E-state index is 0.0824. The highest BCUT2D eigenvalue weighted by Gasteiger charge is 2.52. The summed E-state index contributed by atoms with van der Waals surface area (Å²) in [5.41, 5.74) is 0.914. The average molecular weight is 865 g/mol. The van der Waals surface area contributed by atoms with Gasteiger partial charge in [-0.05, 0) is 141 Å². The van der Waals surface area contributed by atoms with Gasteiger partial charge in [0, 0.05) is 18.7 Å². The van der Waals surface area contributed by atoms with Crippen LogP contribution in [-0.2, 0) is 35.1 Å². The van der Waals surface area contributed by atoms with E-state index in [4.69, 9.17) is 9.47 Å². The molecule has 62 heavy (non-hydrogen) atoms. The second-order valence-electron chi connectivity index (χ2n) is 17.9. The van der Waals surface area contributed by atoms with E-state index in [0.29, 0.717) is 31.2 Å². The molecule has 2 aromatic carbocycles. The van der Waals surface area contributed by atoms with E-state index in [1.165, 1.54) is 12.5 Å². The van der Waals surface area contributed by atoms with Crippen molar-refractivity contribution in [1.29, 1.82) is 0 Å². The van der Waals surface area contributed by atoms with Crippen molar-refractivity contribution in [2.24, 2.45) is 0 Å². The van der Waals surface area contributed by atoms with Gasteiger partial charge in [0.1, 0.15) is 34.9 Å². The zero-order chi connectivity index (χ0) is 46.1. The van der Waals surface area contributed by atoms with Gasteiger partial charge in [-0.25, -0.2) is 14.4 Å². The number of rotatable bonds is 23. The Hall–Kier alpha value is -5.67. The summed E-state index contributed by atoms with van der Waals surface area (Å²) in [6.07, 6.45) is 4.69. The highest BCUT2D eigenvalue weighted by molar-refractivity contribution is 6.01.